The number of aryl methyl sites for hydroxylation is 4. The van der Waals surface area contributed by atoms with Crippen molar-refractivity contribution in [3.8, 4) is 0 Å². The van der Waals surface area contributed by atoms with E-state index in [4.69, 9.17) is 0 Å². The molecule has 0 amide bonds. The van der Waals surface area contributed by atoms with E-state index in [1.807, 2.05) is 0 Å². The van der Waals surface area contributed by atoms with Crippen molar-refractivity contribution in [2.75, 3.05) is 0 Å². The molecule has 0 saturated carbocycles. The van der Waals surface area contributed by atoms with E-state index in [0.717, 1.165) is 0 Å². The molecule has 0 spiro atoms. The zero-order valence-electron chi connectivity index (χ0n) is 15.4. The molecule has 0 radical (unpaired) electrons. The quantitative estimate of drug-likeness (QED) is 0.297. The van der Waals surface area contributed by atoms with Crippen molar-refractivity contribution in [3.05, 3.63) is 64.3 Å². The van der Waals surface area contributed by atoms with Gasteiger partial charge in [-0.25, -0.2) is 4.57 Å². The Kier molecular flexibility index (Phi) is 3.18. The predicted octanol–water partition coefficient (Wildman–Crippen LogP) is 5.51. The maximum Gasteiger partial charge on any atom is 0.221 e. The minimum absolute atomic E-state index is 1.34. The smallest absolute Gasteiger partial charge is 0.200 e. The first kappa shape index (κ1) is 15.1. The van der Waals surface area contributed by atoms with Crippen molar-refractivity contribution in [2.45, 2.75) is 34.6 Å². The number of benzene rings is 3. The van der Waals surface area contributed by atoms with E-state index in [2.05, 4.69) is 82.8 Å². The van der Waals surface area contributed by atoms with Crippen molar-refractivity contribution in [1.29, 1.82) is 0 Å². The molecule has 0 atom stereocenters. The first-order valence-electron chi connectivity index (χ1n) is 8.63. The number of fused-ring (bicyclic) bond motifs is 6. The van der Waals surface area contributed by atoms with Crippen LogP contribution >= 0.6 is 0 Å². The summed E-state index contributed by atoms with van der Waals surface area (Å²) in [6, 6.07) is 11.2. The Morgan fingerprint density at radius 1 is 0.625 bits per heavy atom. The molecule has 0 bridgehead atoms. The van der Waals surface area contributed by atoms with Crippen LogP contribution in [0.2, 0.25) is 0 Å². The highest BCUT2D eigenvalue weighted by atomic mass is 14.9. The molecule has 0 N–H and O–H groups in total. The van der Waals surface area contributed by atoms with E-state index in [1.54, 1.807) is 0 Å². The van der Waals surface area contributed by atoms with Gasteiger partial charge in [-0.2, -0.15) is 0 Å². The molecule has 1 heteroatoms. The SMILES string of the molecule is Cc1c(C)c(C)c2c3ccc[n+](C)c3c3c(C)cccc3c2c1C. The second kappa shape index (κ2) is 5.04. The van der Waals surface area contributed by atoms with Crippen LogP contribution in [-0.2, 0) is 7.05 Å². The Morgan fingerprint density at radius 2 is 1.21 bits per heavy atom. The lowest BCUT2D eigenvalue weighted by Crippen LogP contribution is -2.28. The molecular weight excluding hydrogens is 290 g/mol. The molecule has 0 aliphatic carbocycles. The van der Waals surface area contributed by atoms with Gasteiger partial charge >= 0.3 is 0 Å². The van der Waals surface area contributed by atoms with Crippen molar-refractivity contribution < 1.29 is 4.57 Å². The van der Waals surface area contributed by atoms with Crippen LogP contribution in [0.3, 0.4) is 0 Å². The van der Waals surface area contributed by atoms with E-state index >= 15 is 0 Å². The van der Waals surface area contributed by atoms with E-state index in [-0.39, 0.29) is 0 Å². The topological polar surface area (TPSA) is 3.88 Å². The van der Waals surface area contributed by atoms with Crippen LogP contribution < -0.4 is 4.57 Å². The summed E-state index contributed by atoms with van der Waals surface area (Å²) in [7, 11) is 2.16. The number of pyridine rings is 1. The third kappa shape index (κ3) is 1.78. The lowest BCUT2D eigenvalue weighted by Gasteiger charge is -2.18. The molecule has 24 heavy (non-hydrogen) atoms. The minimum atomic E-state index is 1.34. The molecule has 3 aromatic carbocycles. The number of hydrogen-bond acceptors (Lipinski definition) is 0. The third-order valence-corrected chi connectivity index (χ3v) is 5.92. The molecule has 4 aromatic rings. The van der Waals surface area contributed by atoms with Gasteiger partial charge in [0.25, 0.3) is 0 Å². The Bertz CT molecular complexity index is 1060. The van der Waals surface area contributed by atoms with Gasteiger partial charge in [0.2, 0.25) is 5.52 Å². The fraction of sp³-hybridized carbons (Fsp3) is 0.261. The van der Waals surface area contributed by atoms with Gasteiger partial charge in [-0.15, -0.1) is 0 Å². The lowest BCUT2D eigenvalue weighted by atomic mass is 9.85. The Labute approximate surface area is 143 Å². The maximum atomic E-state index is 2.29. The first-order valence-corrected chi connectivity index (χ1v) is 8.63. The molecule has 0 aliphatic heterocycles. The second-order valence-corrected chi connectivity index (χ2v) is 7.13. The lowest BCUT2D eigenvalue weighted by molar-refractivity contribution is -0.644. The van der Waals surface area contributed by atoms with Crippen LogP contribution in [0.4, 0.5) is 0 Å². The van der Waals surface area contributed by atoms with E-state index in [1.165, 1.54) is 60.3 Å². The van der Waals surface area contributed by atoms with Gasteiger partial charge in [0.15, 0.2) is 6.20 Å². The second-order valence-electron chi connectivity index (χ2n) is 7.13. The minimum Gasteiger partial charge on any atom is -0.200 e. The summed E-state index contributed by atoms with van der Waals surface area (Å²) in [5.74, 6) is 0. The van der Waals surface area contributed by atoms with Gasteiger partial charge in [0, 0.05) is 6.07 Å². The van der Waals surface area contributed by atoms with Crippen LogP contribution in [-0.4, -0.2) is 0 Å². The normalized spacial score (nSPS) is 11.8. The van der Waals surface area contributed by atoms with Gasteiger partial charge in [0.1, 0.15) is 7.05 Å². The highest BCUT2D eigenvalue weighted by molar-refractivity contribution is 6.26. The fourth-order valence-electron chi connectivity index (χ4n) is 4.30. The van der Waals surface area contributed by atoms with Crippen LogP contribution in [0.25, 0.3) is 32.4 Å². The number of aromatic nitrogens is 1. The average molecular weight is 314 g/mol. The van der Waals surface area contributed by atoms with Crippen LogP contribution in [0, 0.1) is 34.6 Å². The summed E-state index contributed by atoms with van der Waals surface area (Å²) in [6.45, 7) is 11.3. The third-order valence-electron chi connectivity index (χ3n) is 5.92. The molecule has 4 rings (SSSR count). The summed E-state index contributed by atoms with van der Waals surface area (Å²) in [5.41, 5.74) is 8.34. The predicted molar refractivity (Wildman–Crippen MR) is 104 cm³/mol. The Hall–Kier alpha value is -2.41. The van der Waals surface area contributed by atoms with Gasteiger partial charge in [-0.05, 0) is 84.7 Å². The zero-order chi connectivity index (χ0) is 17.2. The Balaban J connectivity index is 2.54. The molecule has 0 saturated heterocycles. The van der Waals surface area contributed by atoms with Gasteiger partial charge in [0.05, 0.1) is 10.8 Å². The van der Waals surface area contributed by atoms with E-state index < -0.39 is 0 Å². The van der Waals surface area contributed by atoms with Crippen molar-refractivity contribution in [1.82, 2.24) is 0 Å². The largest absolute Gasteiger partial charge is 0.221 e. The zero-order valence-corrected chi connectivity index (χ0v) is 15.4. The summed E-state index contributed by atoms with van der Waals surface area (Å²) in [6.07, 6.45) is 2.16. The molecule has 120 valence electrons. The van der Waals surface area contributed by atoms with Crippen molar-refractivity contribution in [2.24, 2.45) is 7.05 Å². The van der Waals surface area contributed by atoms with Crippen LogP contribution in [0.15, 0.2) is 36.5 Å². The number of hydrogen-bond donors (Lipinski definition) is 0. The van der Waals surface area contributed by atoms with Crippen LogP contribution in [0.5, 0.6) is 0 Å². The number of rotatable bonds is 0. The summed E-state index contributed by atoms with van der Waals surface area (Å²) >= 11 is 0. The van der Waals surface area contributed by atoms with Gasteiger partial charge in [-0.3, -0.25) is 0 Å². The van der Waals surface area contributed by atoms with Crippen LogP contribution in [0.1, 0.15) is 27.8 Å². The monoisotopic (exact) mass is 314 g/mol. The summed E-state index contributed by atoms with van der Waals surface area (Å²) < 4.78 is 2.27. The van der Waals surface area contributed by atoms with E-state index in [0.29, 0.717) is 0 Å². The maximum absolute atomic E-state index is 2.29. The first-order chi connectivity index (χ1) is 11.4. The summed E-state index contributed by atoms with van der Waals surface area (Å²) in [4.78, 5) is 0. The standard InChI is InChI=1S/C23H24N/c1-13-9-7-10-18-20(13)23-19(11-8-12-24(23)6)22-17(5)15(3)14(2)16(4)21(18)22/h7-12H,1-6H3/q+1. The number of nitrogens with zero attached hydrogens (tertiary/aromatic N) is 1. The highest BCUT2D eigenvalue weighted by Gasteiger charge is 2.20. The molecule has 1 nitrogen and oxygen atoms in total. The van der Waals surface area contributed by atoms with Crippen molar-refractivity contribution >= 4 is 32.4 Å². The van der Waals surface area contributed by atoms with Gasteiger partial charge < -0.3 is 0 Å². The van der Waals surface area contributed by atoms with Crippen molar-refractivity contribution in [3.63, 3.8) is 0 Å². The molecule has 0 fully saturated rings. The molecular formula is C23H24N+. The molecule has 0 unspecified atom stereocenters. The van der Waals surface area contributed by atoms with E-state index in [9.17, 15) is 0 Å². The molecule has 0 aliphatic rings. The molecule has 1 aromatic heterocycles. The Morgan fingerprint density at radius 3 is 1.88 bits per heavy atom. The van der Waals surface area contributed by atoms with Gasteiger partial charge in [-0.1, -0.05) is 18.2 Å². The average Bonchev–Trinajstić information content (AvgIpc) is 2.57. The molecule has 1 heterocycles. The fourth-order valence-corrected chi connectivity index (χ4v) is 4.30. The summed E-state index contributed by atoms with van der Waals surface area (Å²) in [5, 5.41) is 6.96. The highest BCUT2D eigenvalue weighted by Crippen LogP contribution is 2.40.